The van der Waals surface area contributed by atoms with Gasteiger partial charge in [0.2, 0.25) is 5.13 Å². The zero-order chi connectivity index (χ0) is 14.7. The Bertz CT molecular complexity index is 718. The quantitative estimate of drug-likeness (QED) is 0.775. The van der Waals surface area contributed by atoms with E-state index in [0.29, 0.717) is 6.54 Å². The van der Waals surface area contributed by atoms with E-state index in [-0.39, 0.29) is 0 Å². The SMILES string of the molecule is Cc1nnc(-n2nnc(CN)c2CCc2ccccc2)s1. The Morgan fingerprint density at radius 2 is 1.90 bits per heavy atom. The van der Waals surface area contributed by atoms with Crippen LogP contribution in [0.2, 0.25) is 0 Å². The molecular formula is C14H16N6S. The average molecular weight is 300 g/mol. The van der Waals surface area contributed by atoms with Crippen molar-refractivity contribution in [1.29, 1.82) is 0 Å². The predicted molar refractivity (Wildman–Crippen MR) is 81.3 cm³/mol. The van der Waals surface area contributed by atoms with E-state index in [4.69, 9.17) is 5.73 Å². The van der Waals surface area contributed by atoms with Crippen LogP contribution >= 0.6 is 11.3 Å². The van der Waals surface area contributed by atoms with E-state index < -0.39 is 0 Å². The maximum absolute atomic E-state index is 5.77. The molecule has 2 N–H and O–H groups in total. The highest BCUT2D eigenvalue weighted by molar-refractivity contribution is 7.13. The molecule has 0 fully saturated rings. The first kappa shape index (κ1) is 13.8. The second-order valence-electron chi connectivity index (χ2n) is 4.69. The van der Waals surface area contributed by atoms with Crippen LogP contribution in [0.5, 0.6) is 0 Å². The molecule has 7 heteroatoms. The molecule has 2 heterocycles. The van der Waals surface area contributed by atoms with Gasteiger partial charge >= 0.3 is 0 Å². The fourth-order valence-electron chi connectivity index (χ4n) is 2.17. The van der Waals surface area contributed by atoms with Gasteiger partial charge in [-0.25, -0.2) is 0 Å². The van der Waals surface area contributed by atoms with E-state index in [1.165, 1.54) is 16.9 Å². The van der Waals surface area contributed by atoms with Gasteiger partial charge in [0, 0.05) is 6.54 Å². The number of aromatic nitrogens is 5. The van der Waals surface area contributed by atoms with Crippen molar-refractivity contribution in [3.8, 4) is 5.13 Å². The first-order chi connectivity index (χ1) is 10.3. The molecule has 1 aromatic carbocycles. The van der Waals surface area contributed by atoms with Crippen molar-refractivity contribution < 1.29 is 0 Å². The second-order valence-corrected chi connectivity index (χ2v) is 5.85. The molecular weight excluding hydrogens is 284 g/mol. The summed E-state index contributed by atoms with van der Waals surface area (Å²) in [6.07, 6.45) is 1.74. The zero-order valence-electron chi connectivity index (χ0n) is 11.7. The number of nitrogens with zero attached hydrogens (tertiary/aromatic N) is 5. The van der Waals surface area contributed by atoms with Gasteiger partial charge in [-0.15, -0.1) is 15.3 Å². The smallest absolute Gasteiger partial charge is 0.234 e. The maximum atomic E-state index is 5.77. The number of aryl methyl sites for hydroxylation is 2. The molecule has 3 rings (SSSR count). The highest BCUT2D eigenvalue weighted by Gasteiger charge is 2.15. The Labute approximate surface area is 126 Å². The molecule has 0 amide bonds. The lowest BCUT2D eigenvalue weighted by Crippen LogP contribution is -2.07. The first-order valence-corrected chi connectivity index (χ1v) is 7.57. The molecule has 0 aliphatic carbocycles. The van der Waals surface area contributed by atoms with Gasteiger partial charge in [0.05, 0.1) is 11.4 Å². The fraction of sp³-hybridized carbons (Fsp3) is 0.286. The van der Waals surface area contributed by atoms with E-state index >= 15 is 0 Å². The van der Waals surface area contributed by atoms with Crippen molar-refractivity contribution in [2.45, 2.75) is 26.3 Å². The standard InChI is InChI=1S/C14H16N6S/c1-10-16-18-14(21-10)20-13(12(9-15)17-19-20)8-7-11-5-3-2-4-6-11/h2-6H,7-9,15H2,1H3. The number of hydrogen-bond acceptors (Lipinski definition) is 6. The van der Waals surface area contributed by atoms with E-state index in [2.05, 4.69) is 32.6 Å². The molecule has 0 unspecified atom stereocenters. The first-order valence-electron chi connectivity index (χ1n) is 6.76. The summed E-state index contributed by atoms with van der Waals surface area (Å²) >= 11 is 1.50. The van der Waals surface area contributed by atoms with Crippen molar-refractivity contribution >= 4 is 11.3 Å². The molecule has 6 nitrogen and oxygen atoms in total. The Balaban J connectivity index is 1.87. The Morgan fingerprint density at radius 3 is 2.57 bits per heavy atom. The number of hydrogen-bond donors (Lipinski definition) is 1. The van der Waals surface area contributed by atoms with Gasteiger partial charge in [0.15, 0.2) is 0 Å². The van der Waals surface area contributed by atoms with Crippen molar-refractivity contribution in [2.75, 3.05) is 0 Å². The van der Waals surface area contributed by atoms with Gasteiger partial charge in [-0.3, -0.25) is 0 Å². The molecule has 0 bridgehead atoms. The predicted octanol–water partition coefficient (Wildman–Crippen LogP) is 1.67. The van der Waals surface area contributed by atoms with Crippen LogP contribution < -0.4 is 5.73 Å². The van der Waals surface area contributed by atoms with Crippen molar-refractivity contribution in [3.05, 3.63) is 52.3 Å². The Kier molecular flexibility index (Phi) is 4.03. The molecule has 0 saturated carbocycles. The van der Waals surface area contributed by atoms with Gasteiger partial charge < -0.3 is 5.73 Å². The molecule has 0 atom stereocenters. The van der Waals surface area contributed by atoms with Crippen LogP contribution in [0.4, 0.5) is 0 Å². The summed E-state index contributed by atoms with van der Waals surface area (Å²) in [4.78, 5) is 0. The highest BCUT2D eigenvalue weighted by Crippen LogP contribution is 2.18. The minimum Gasteiger partial charge on any atom is -0.325 e. The third-order valence-corrected chi connectivity index (χ3v) is 4.04. The summed E-state index contributed by atoms with van der Waals surface area (Å²) in [6.45, 7) is 2.30. The van der Waals surface area contributed by atoms with Gasteiger partial charge in [0.25, 0.3) is 0 Å². The van der Waals surface area contributed by atoms with Crippen LogP contribution in [0.15, 0.2) is 30.3 Å². The highest BCUT2D eigenvalue weighted by atomic mass is 32.1. The molecule has 21 heavy (non-hydrogen) atoms. The van der Waals surface area contributed by atoms with E-state index in [0.717, 1.165) is 34.4 Å². The van der Waals surface area contributed by atoms with Gasteiger partial charge in [-0.2, -0.15) is 4.68 Å². The molecule has 2 aromatic heterocycles. The fourth-order valence-corrected chi connectivity index (χ4v) is 2.84. The lowest BCUT2D eigenvalue weighted by Gasteiger charge is -2.05. The number of rotatable bonds is 5. The minimum atomic E-state index is 0.377. The number of nitrogens with two attached hydrogens (primary N) is 1. The third kappa shape index (κ3) is 2.98. The Morgan fingerprint density at radius 1 is 1.10 bits per heavy atom. The lowest BCUT2D eigenvalue weighted by molar-refractivity contribution is 0.737. The van der Waals surface area contributed by atoms with Crippen molar-refractivity contribution in [2.24, 2.45) is 5.73 Å². The third-order valence-electron chi connectivity index (χ3n) is 3.23. The summed E-state index contributed by atoms with van der Waals surface area (Å²) < 4.78 is 1.76. The van der Waals surface area contributed by atoms with E-state index in [1.807, 2.05) is 25.1 Å². The Hall–Kier alpha value is -2.12. The normalized spacial score (nSPS) is 11.0. The summed E-state index contributed by atoms with van der Waals surface area (Å²) in [6, 6.07) is 10.3. The second kappa shape index (κ2) is 6.11. The van der Waals surface area contributed by atoms with Crippen molar-refractivity contribution in [3.63, 3.8) is 0 Å². The molecule has 0 spiro atoms. The molecule has 0 saturated heterocycles. The van der Waals surface area contributed by atoms with Crippen LogP contribution in [-0.2, 0) is 19.4 Å². The monoisotopic (exact) mass is 300 g/mol. The largest absolute Gasteiger partial charge is 0.325 e. The maximum Gasteiger partial charge on any atom is 0.234 e. The summed E-state index contributed by atoms with van der Waals surface area (Å²) in [5.74, 6) is 0. The molecule has 108 valence electrons. The number of benzene rings is 1. The molecule has 0 aliphatic rings. The van der Waals surface area contributed by atoms with E-state index in [9.17, 15) is 0 Å². The lowest BCUT2D eigenvalue weighted by atomic mass is 10.1. The van der Waals surface area contributed by atoms with E-state index in [1.54, 1.807) is 4.68 Å². The zero-order valence-corrected chi connectivity index (χ0v) is 12.5. The summed E-state index contributed by atoms with van der Waals surface area (Å²) in [5.41, 5.74) is 8.88. The molecule has 3 aromatic rings. The van der Waals surface area contributed by atoms with Gasteiger partial charge in [0.1, 0.15) is 5.01 Å². The molecule has 0 radical (unpaired) electrons. The van der Waals surface area contributed by atoms with Crippen LogP contribution in [0.1, 0.15) is 22.0 Å². The van der Waals surface area contributed by atoms with Gasteiger partial charge in [-0.05, 0) is 25.3 Å². The van der Waals surface area contributed by atoms with Gasteiger partial charge in [-0.1, -0.05) is 46.9 Å². The average Bonchev–Trinajstić information content (AvgIpc) is 3.11. The summed E-state index contributed by atoms with van der Waals surface area (Å²) in [5, 5.41) is 18.2. The van der Waals surface area contributed by atoms with Crippen LogP contribution in [0.25, 0.3) is 5.13 Å². The minimum absolute atomic E-state index is 0.377. The topological polar surface area (TPSA) is 82.5 Å². The van der Waals surface area contributed by atoms with Crippen LogP contribution in [0.3, 0.4) is 0 Å². The molecule has 0 aliphatic heterocycles. The van der Waals surface area contributed by atoms with Crippen molar-refractivity contribution in [1.82, 2.24) is 25.2 Å². The van der Waals surface area contributed by atoms with Crippen LogP contribution in [0, 0.1) is 6.92 Å². The summed E-state index contributed by atoms with van der Waals surface area (Å²) in [7, 11) is 0. The van der Waals surface area contributed by atoms with Crippen LogP contribution in [-0.4, -0.2) is 25.2 Å².